The average Bonchev–Trinajstić information content (AvgIpc) is 2.78. The second kappa shape index (κ2) is 9.95. The van der Waals surface area contributed by atoms with Crippen molar-refractivity contribution in [1.29, 1.82) is 0 Å². The highest BCUT2D eigenvalue weighted by atomic mass is 16.5. The lowest BCUT2D eigenvalue weighted by Gasteiger charge is -2.38. The Hall–Kier alpha value is -3.23. The molecule has 8 heteroatoms. The third kappa shape index (κ3) is 5.29. The highest BCUT2D eigenvalue weighted by Crippen LogP contribution is 2.22. The molecule has 8 nitrogen and oxygen atoms in total. The van der Waals surface area contributed by atoms with Crippen molar-refractivity contribution in [2.24, 2.45) is 0 Å². The highest BCUT2D eigenvalue weighted by Gasteiger charge is 2.27. The van der Waals surface area contributed by atoms with Gasteiger partial charge in [-0.2, -0.15) is 0 Å². The Labute approximate surface area is 199 Å². The van der Waals surface area contributed by atoms with E-state index in [9.17, 15) is 14.7 Å². The first-order valence-corrected chi connectivity index (χ1v) is 11.7. The molecule has 0 spiro atoms. The molecule has 4 rings (SSSR count). The van der Waals surface area contributed by atoms with Gasteiger partial charge in [0.2, 0.25) is 0 Å². The molecule has 0 saturated carbocycles. The molecule has 1 saturated heterocycles. The first-order valence-electron chi connectivity index (χ1n) is 11.7. The topological polar surface area (TPSA) is 96.7 Å². The molecule has 1 aliphatic heterocycles. The van der Waals surface area contributed by atoms with Crippen LogP contribution in [0.3, 0.4) is 0 Å². The highest BCUT2D eigenvalue weighted by molar-refractivity contribution is 5.82. The Kier molecular flexibility index (Phi) is 7.00. The van der Waals surface area contributed by atoms with Gasteiger partial charge in [0.05, 0.1) is 34.8 Å². The fourth-order valence-corrected chi connectivity index (χ4v) is 4.69. The van der Waals surface area contributed by atoms with Crippen LogP contribution in [0, 0.1) is 0 Å². The van der Waals surface area contributed by atoms with Gasteiger partial charge >= 0.3 is 6.09 Å². The van der Waals surface area contributed by atoms with Crippen molar-refractivity contribution in [2.45, 2.75) is 45.3 Å². The number of nitrogens with zero attached hydrogens (tertiary/aromatic N) is 3. The minimum absolute atomic E-state index is 0.137. The maximum absolute atomic E-state index is 13.8. The first kappa shape index (κ1) is 23.9. The lowest BCUT2D eigenvalue weighted by atomic mass is 10.0. The van der Waals surface area contributed by atoms with Gasteiger partial charge in [-0.15, -0.1) is 0 Å². The van der Waals surface area contributed by atoms with Crippen LogP contribution in [-0.2, 0) is 11.2 Å². The molecule has 1 aromatic heterocycles. The van der Waals surface area contributed by atoms with Crippen molar-refractivity contribution in [2.75, 3.05) is 26.2 Å². The molecule has 34 heavy (non-hydrogen) atoms. The third-order valence-corrected chi connectivity index (χ3v) is 6.18. The van der Waals surface area contributed by atoms with E-state index in [1.807, 2.05) is 48.5 Å². The summed E-state index contributed by atoms with van der Waals surface area (Å²) in [5, 5.41) is 12.2. The smallest absolute Gasteiger partial charge is 0.405 e. The van der Waals surface area contributed by atoms with Crippen LogP contribution in [0.2, 0.25) is 0 Å². The molecule has 1 fully saturated rings. The summed E-state index contributed by atoms with van der Waals surface area (Å²) < 4.78 is 7.33. The zero-order valence-corrected chi connectivity index (χ0v) is 20.0. The van der Waals surface area contributed by atoms with Gasteiger partial charge in [0.25, 0.3) is 5.56 Å². The number of amides is 1. The van der Waals surface area contributed by atoms with Crippen LogP contribution in [0.5, 0.6) is 0 Å². The number of morpholine rings is 1. The van der Waals surface area contributed by atoms with E-state index >= 15 is 0 Å². The number of aromatic nitrogens is 2. The standard InChI is InChI=1S/C26H32N4O4/c1-18(27-25(32)33)23-28-21-13-7-9-19(10-8-14-29-15-16-34-26(2,3)17-29)22(21)24(31)30(23)20-11-5-4-6-12-20/h4-7,9,11-13,18,27H,8,10,14-17H2,1-3H3,(H,32,33). The quantitative estimate of drug-likeness (QED) is 0.553. The van der Waals surface area contributed by atoms with Crippen molar-refractivity contribution in [3.8, 4) is 5.69 Å². The number of carbonyl (C=O) groups is 1. The Morgan fingerprint density at radius 3 is 2.68 bits per heavy atom. The predicted octanol–water partition coefficient (Wildman–Crippen LogP) is 3.76. The monoisotopic (exact) mass is 464 g/mol. The average molecular weight is 465 g/mol. The number of aryl methyl sites for hydroxylation is 1. The van der Waals surface area contributed by atoms with E-state index in [-0.39, 0.29) is 11.2 Å². The molecule has 2 aromatic carbocycles. The van der Waals surface area contributed by atoms with E-state index in [1.165, 1.54) is 4.57 Å². The second-order valence-corrected chi connectivity index (χ2v) is 9.42. The Bertz CT molecular complexity index is 1220. The van der Waals surface area contributed by atoms with Gasteiger partial charge in [0, 0.05) is 13.1 Å². The van der Waals surface area contributed by atoms with Crippen molar-refractivity contribution < 1.29 is 14.6 Å². The summed E-state index contributed by atoms with van der Waals surface area (Å²) in [7, 11) is 0. The summed E-state index contributed by atoms with van der Waals surface area (Å²) in [6.45, 7) is 9.38. The predicted molar refractivity (Wildman–Crippen MR) is 132 cm³/mol. The van der Waals surface area contributed by atoms with Crippen LogP contribution < -0.4 is 10.9 Å². The van der Waals surface area contributed by atoms with E-state index in [0.717, 1.165) is 44.6 Å². The number of ether oxygens (including phenoxy) is 1. The lowest BCUT2D eigenvalue weighted by molar-refractivity contribution is -0.0859. The van der Waals surface area contributed by atoms with E-state index < -0.39 is 12.1 Å². The molecule has 0 radical (unpaired) electrons. The Morgan fingerprint density at radius 1 is 1.21 bits per heavy atom. The SMILES string of the molecule is CC(NC(=O)O)c1nc2cccc(CCCN3CCOC(C)(C)C3)c2c(=O)n1-c1ccccc1. The minimum atomic E-state index is -1.17. The summed E-state index contributed by atoms with van der Waals surface area (Å²) >= 11 is 0. The van der Waals surface area contributed by atoms with E-state index in [0.29, 0.717) is 22.4 Å². The zero-order valence-electron chi connectivity index (χ0n) is 20.0. The number of hydrogen-bond acceptors (Lipinski definition) is 5. The zero-order chi connectivity index (χ0) is 24.3. The summed E-state index contributed by atoms with van der Waals surface area (Å²) in [4.78, 5) is 32.3. The van der Waals surface area contributed by atoms with Gasteiger partial charge in [-0.3, -0.25) is 14.3 Å². The van der Waals surface area contributed by atoms with Crippen LogP contribution >= 0.6 is 0 Å². The number of para-hydroxylation sites is 1. The number of rotatable bonds is 7. The van der Waals surface area contributed by atoms with Crippen LogP contribution in [0.15, 0.2) is 53.3 Å². The maximum Gasteiger partial charge on any atom is 0.405 e. The number of carboxylic acid groups (broad SMARTS) is 1. The normalized spacial score (nSPS) is 16.9. The number of hydrogen-bond donors (Lipinski definition) is 2. The number of nitrogens with one attached hydrogen (secondary N) is 1. The Morgan fingerprint density at radius 2 is 1.97 bits per heavy atom. The number of benzene rings is 2. The molecular weight excluding hydrogens is 432 g/mol. The molecule has 1 amide bonds. The molecule has 1 unspecified atom stereocenters. The van der Waals surface area contributed by atoms with E-state index in [1.54, 1.807) is 6.92 Å². The van der Waals surface area contributed by atoms with Crippen molar-refractivity contribution in [3.63, 3.8) is 0 Å². The fraction of sp³-hybridized carbons (Fsp3) is 0.423. The van der Waals surface area contributed by atoms with Crippen molar-refractivity contribution >= 4 is 17.0 Å². The largest absolute Gasteiger partial charge is 0.465 e. The molecule has 180 valence electrons. The summed E-state index contributed by atoms with van der Waals surface area (Å²) in [5.74, 6) is 0.360. The minimum Gasteiger partial charge on any atom is -0.465 e. The molecule has 2 heterocycles. The summed E-state index contributed by atoms with van der Waals surface area (Å²) in [6.07, 6.45) is 0.503. The van der Waals surface area contributed by atoms with Gasteiger partial charge in [-0.05, 0) is 63.9 Å². The summed E-state index contributed by atoms with van der Waals surface area (Å²) in [5.41, 5.74) is 1.87. The molecule has 0 aliphatic carbocycles. The second-order valence-electron chi connectivity index (χ2n) is 9.42. The van der Waals surface area contributed by atoms with Crippen molar-refractivity contribution in [1.82, 2.24) is 19.8 Å². The van der Waals surface area contributed by atoms with E-state index in [4.69, 9.17) is 9.72 Å². The molecule has 1 atom stereocenters. The molecule has 0 bridgehead atoms. The van der Waals surface area contributed by atoms with Gasteiger partial charge < -0.3 is 15.2 Å². The molecule has 2 N–H and O–H groups in total. The third-order valence-electron chi connectivity index (χ3n) is 6.18. The van der Waals surface area contributed by atoms with Crippen LogP contribution in [0.4, 0.5) is 4.79 Å². The Balaban J connectivity index is 1.70. The summed E-state index contributed by atoms with van der Waals surface area (Å²) in [6, 6.07) is 14.3. The fourth-order valence-electron chi connectivity index (χ4n) is 4.69. The van der Waals surface area contributed by atoms with Crippen LogP contribution in [-0.4, -0.2) is 57.5 Å². The molecule has 3 aromatic rings. The van der Waals surface area contributed by atoms with Gasteiger partial charge in [-0.25, -0.2) is 9.78 Å². The molecular formula is C26H32N4O4. The first-order chi connectivity index (χ1) is 16.2. The lowest BCUT2D eigenvalue weighted by Crippen LogP contribution is -2.48. The van der Waals surface area contributed by atoms with Crippen LogP contribution in [0.25, 0.3) is 16.6 Å². The van der Waals surface area contributed by atoms with Gasteiger partial charge in [0.15, 0.2) is 0 Å². The maximum atomic E-state index is 13.8. The van der Waals surface area contributed by atoms with Gasteiger partial charge in [-0.1, -0.05) is 30.3 Å². The van der Waals surface area contributed by atoms with Crippen molar-refractivity contribution in [3.05, 3.63) is 70.3 Å². The number of fused-ring (bicyclic) bond motifs is 1. The van der Waals surface area contributed by atoms with E-state index in [2.05, 4.69) is 24.1 Å². The van der Waals surface area contributed by atoms with Crippen LogP contribution in [0.1, 0.15) is 44.6 Å². The molecule has 1 aliphatic rings. The van der Waals surface area contributed by atoms with Gasteiger partial charge in [0.1, 0.15) is 5.82 Å².